The van der Waals surface area contributed by atoms with Gasteiger partial charge in [0.05, 0.1) is 12.8 Å². The molecule has 4 N–H and O–H groups in total. The fraction of sp³-hybridized carbons (Fsp3) is 0.318. The Bertz CT molecular complexity index is 1190. The zero-order valence-corrected chi connectivity index (χ0v) is 19.0. The van der Waals surface area contributed by atoms with Crippen LogP contribution in [0.15, 0.2) is 47.5 Å². The molecule has 2 aromatic carbocycles. The number of ether oxygens (including phenoxy) is 1. The first kappa shape index (κ1) is 25.1. The lowest BCUT2D eigenvalue weighted by molar-refractivity contribution is -0.178. The summed E-state index contributed by atoms with van der Waals surface area (Å²) in [6.07, 6.45) is -2.57. The molecule has 0 radical (unpaired) electrons. The first-order valence-electron chi connectivity index (χ1n) is 10.4. The minimum Gasteiger partial charge on any atom is -0.394 e. The third-order valence-corrected chi connectivity index (χ3v) is 6.54. The molecule has 1 aromatic heterocycles. The summed E-state index contributed by atoms with van der Waals surface area (Å²) < 4.78 is 47.4. The van der Waals surface area contributed by atoms with Gasteiger partial charge in [-0.25, -0.2) is 17.9 Å². The van der Waals surface area contributed by atoms with Crippen molar-refractivity contribution in [3.05, 3.63) is 60.0 Å². The molecule has 5 atom stereocenters. The van der Waals surface area contributed by atoms with Crippen LogP contribution in [0.25, 0.3) is 11.3 Å². The molecule has 0 bridgehead atoms. The monoisotopic (exact) mass is 510 g/mol. The Morgan fingerprint density at radius 1 is 1.14 bits per heavy atom. The van der Waals surface area contributed by atoms with E-state index >= 15 is 0 Å². The second-order valence-corrected chi connectivity index (χ2v) is 9.03. The highest BCUT2D eigenvalue weighted by Crippen LogP contribution is 2.38. The van der Waals surface area contributed by atoms with Gasteiger partial charge in [-0.15, -0.1) is 5.10 Å². The molecule has 0 unspecified atom stereocenters. The van der Waals surface area contributed by atoms with Crippen molar-refractivity contribution in [2.45, 2.75) is 41.6 Å². The number of amides is 1. The zero-order chi connectivity index (χ0) is 25.3. The van der Waals surface area contributed by atoms with E-state index in [9.17, 15) is 33.3 Å². The number of carbonyl (C=O) groups is 1. The Morgan fingerprint density at radius 3 is 2.40 bits per heavy atom. The fourth-order valence-electron chi connectivity index (χ4n) is 3.69. The van der Waals surface area contributed by atoms with Crippen molar-refractivity contribution in [2.75, 3.05) is 11.9 Å². The molecule has 4 rings (SSSR count). The molecule has 186 valence electrons. The van der Waals surface area contributed by atoms with Gasteiger partial charge in [-0.3, -0.25) is 4.79 Å². The molecule has 0 spiro atoms. The van der Waals surface area contributed by atoms with E-state index < -0.39 is 53.8 Å². The maximum absolute atomic E-state index is 13.6. The second-order valence-electron chi connectivity index (χ2n) is 7.86. The number of halogens is 3. The predicted molar refractivity (Wildman–Crippen MR) is 119 cm³/mol. The molecule has 1 amide bonds. The van der Waals surface area contributed by atoms with E-state index in [0.717, 1.165) is 28.6 Å². The van der Waals surface area contributed by atoms with E-state index in [4.69, 9.17) is 4.74 Å². The highest BCUT2D eigenvalue weighted by Gasteiger charge is 2.46. The number of hydrogen-bond acceptors (Lipinski definition) is 8. The third-order valence-electron chi connectivity index (χ3n) is 5.37. The number of hydrogen-bond donors (Lipinski definition) is 4. The molecule has 9 nitrogen and oxygen atoms in total. The summed E-state index contributed by atoms with van der Waals surface area (Å²) in [5, 5.41) is 41.8. The number of rotatable bonds is 6. The first-order valence-corrected chi connectivity index (χ1v) is 11.3. The number of aliphatic hydroxyl groups is 3. The molecule has 1 fully saturated rings. The minimum atomic E-state index is -1.62. The lowest BCUT2D eigenvalue weighted by atomic mass is 9.97. The van der Waals surface area contributed by atoms with Gasteiger partial charge in [-0.1, -0.05) is 17.0 Å². The van der Waals surface area contributed by atoms with Crippen LogP contribution in [0.4, 0.5) is 18.9 Å². The smallest absolute Gasteiger partial charge is 0.221 e. The SMILES string of the molecule is CC(=O)Nc1ccc(S[C@H]2O[C@H](CO)[C@H](O)[C@H](n3cc(-c4cc(F)c(F)c(F)c4)nn3)[C@H]2O)cc1. The van der Waals surface area contributed by atoms with E-state index in [0.29, 0.717) is 10.6 Å². The van der Waals surface area contributed by atoms with Gasteiger partial charge < -0.3 is 25.4 Å². The number of nitrogens with one attached hydrogen (secondary N) is 1. The standard InChI is InChI=1S/C22H21F3N4O5S/c1-10(31)26-12-2-4-13(5-3-12)35-22-21(33)19(20(32)17(9-30)34-22)29-8-16(27-28-29)11-6-14(23)18(25)15(24)7-11/h2-8,17,19-22,30,32-33H,9H2,1H3,(H,26,31)/t17-,19+,20+,21-,22-/m1/s1. The van der Waals surface area contributed by atoms with Gasteiger partial charge in [-0.2, -0.15) is 0 Å². The molecule has 1 aliphatic rings. The van der Waals surface area contributed by atoms with Crippen molar-refractivity contribution in [3.8, 4) is 11.3 Å². The number of anilines is 1. The number of nitrogens with zero attached hydrogens (tertiary/aromatic N) is 3. The lowest BCUT2D eigenvalue weighted by Gasteiger charge is -2.41. The van der Waals surface area contributed by atoms with E-state index in [1.54, 1.807) is 24.3 Å². The van der Waals surface area contributed by atoms with Crippen molar-refractivity contribution < 1.29 is 38.0 Å². The van der Waals surface area contributed by atoms with Crippen molar-refractivity contribution in [2.24, 2.45) is 0 Å². The van der Waals surface area contributed by atoms with E-state index in [1.165, 1.54) is 13.1 Å². The van der Waals surface area contributed by atoms with Crippen molar-refractivity contribution >= 4 is 23.4 Å². The quantitative estimate of drug-likeness (QED) is 0.371. The maximum Gasteiger partial charge on any atom is 0.221 e. The van der Waals surface area contributed by atoms with Crippen LogP contribution in [-0.4, -0.2) is 66.6 Å². The molecule has 0 aliphatic carbocycles. The molecule has 0 saturated carbocycles. The summed E-state index contributed by atoms with van der Waals surface area (Å²) in [5.74, 6) is -4.64. The Morgan fingerprint density at radius 2 is 1.80 bits per heavy atom. The van der Waals surface area contributed by atoms with Crippen LogP contribution in [0.5, 0.6) is 0 Å². The van der Waals surface area contributed by atoms with Gasteiger partial charge in [0, 0.05) is 23.1 Å². The summed E-state index contributed by atoms with van der Waals surface area (Å²) in [6, 6.07) is 7.11. The Balaban J connectivity index is 1.58. The van der Waals surface area contributed by atoms with Gasteiger partial charge in [-0.05, 0) is 36.4 Å². The van der Waals surface area contributed by atoms with Crippen LogP contribution in [0.2, 0.25) is 0 Å². The van der Waals surface area contributed by atoms with Crippen molar-refractivity contribution in [1.82, 2.24) is 15.0 Å². The molecular formula is C22H21F3N4O5S. The highest BCUT2D eigenvalue weighted by atomic mass is 32.2. The molecule has 3 aromatic rings. The molecule has 2 heterocycles. The summed E-state index contributed by atoms with van der Waals surface area (Å²) in [7, 11) is 0. The number of aromatic nitrogens is 3. The van der Waals surface area contributed by atoms with Crippen LogP contribution in [0.1, 0.15) is 13.0 Å². The van der Waals surface area contributed by atoms with Gasteiger partial charge in [0.2, 0.25) is 5.91 Å². The maximum atomic E-state index is 13.6. The normalized spacial score (nSPS) is 24.4. The Kier molecular flexibility index (Phi) is 7.42. The van der Waals surface area contributed by atoms with Crippen LogP contribution in [-0.2, 0) is 9.53 Å². The Labute approximate surface area is 201 Å². The largest absolute Gasteiger partial charge is 0.394 e. The van der Waals surface area contributed by atoms with Crippen LogP contribution in [0.3, 0.4) is 0 Å². The average Bonchev–Trinajstić information content (AvgIpc) is 3.29. The van der Waals surface area contributed by atoms with Gasteiger partial charge >= 0.3 is 0 Å². The summed E-state index contributed by atoms with van der Waals surface area (Å²) >= 11 is 1.12. The molecule has 1 aliphatic heterocycles. The molecule has 35 heavy (non-hydrogen) atoms. The lowest BCUT2D eigenvalue weighted by Crippen LogP contribution is -2.55. The first-order chi connectivity index (χ1) is 16.7. The van der Waals surface area contributed by atoms with Crippen molar-refractivity contribution in [3.63, 3.8) is 0 Å². The predicted octanol–water partition coefficient (Wildman–Crippen LogP) is 2.09. The summed E-state index contributed by atoms with van der Waals surface area (Å²) in [6.45, 7) is 0.826. The number of aliphatic hydroxyl groups excluding tert-OH is 3. The van der Waals surface area contributed by atoms with E-state index in [2.05, 4.69) is 15.6 Å². The van der Waals surface area contributed by atoms with Gasteiger partial charge in [0.25, 0.3) is 0 Å². The molecular weight excluding hydrogens is 489 g/mol. The topological polar surface area (TPSA) is 130 Å². The summed E-state index contributed by atoms with van der Waals surface area (Å²) in [5.41, 5.74) is -0.475. The summed E-state index contributed by atoms with van der Waals surface area (Å²) in [4.78, 5) is 11.9. The third kappa shape index (κ3) is 5.33. The van der Waals surface area contributed by atoms with Gasteiger partial charge in [0.1, 0.15) is 35.5 Å². The number of benzene rings is 2. The van der Waals surface area contributed by atoms with Crippen molar-refractivity contribution in [1.29, 1.82) is 0 Å². The highest BCUT2D eigenvalue weighted by molar-refractivity contribution is 7.99. The number of thioether (sulfide) groups is 1. The fourth-order valence-corrected chi connectivity index (χ4v) is 4.75. The van der Waals surface area contributed by atoms with E-state index in [-0.39, 0.29) is 17.2 Å². The Hall–Kier alpha value is -2.97. The van der Waals surface area contributed by atoms with Crippen LogP contribution < -0.4 is 5.32 Å². The van der Waals surface area contributed by atoms with Crippen LogP contribution in [0, 0.1) is 17.5 Å². The second kappa shape index (κ2) is 10.3. The van der Waals surface area contributed by atoms with Gasteiger partial charge in [0.15, 0.2) is 17.5 Å². The zero-order valence-electron chi connectivity index (χ0n) is 18.2. The minimum absolute atomic E-state index is 0.0213. The average molecular weight is 510 g/mol. The molecule has 13 heteroatoms. The molecule has 1 saturated heterocycles. The number of carbonyl (C=O) groups excluding carboxylic acids is 1. The van der Waals surface area contributed by atoms with E-state index in [1.807, 2.05) is 0 Å². The van der Waals surface area contributed by atoms with Crippen LogP contribution >= 0.6 is 11.8 Å².